The molecular weight excluding hydrogens is 394 g/mol. The molecule has 1 saturated heterocycles. The Morgan fingerprint density at radius 1 is 1.26 bits per heavy atom. The van der Waals surface area contributed by atoms with Gasteiger partial charge in [-0.25, -0.2) is 4.98 Å². The van der Waals surface area contributed by atoms with Crippen LogP contribution in [0.1, 0.15) is 43.4 Å². The molecule has 162 valence electrons. The third kappa shape index (κ3) is 4.00. The van der Waals surface area contributed by atoms with Crippen molar-refractivity contribution in [3.05, 3.63) is 35.1 Å². The van der Waals surface area contributed by atoms with E-state index in [1.807, 2.05) is 30.9 Å². The van der Waals surface area contributed by atoms with E-state index in [4.69, 9.17) is 9.40 Å². The molecule has 1 unspecified atom stereocenters. The third-order valence-corrected chi connectivity index (χ3v) is 6.16. The number of carbonyl (C=O) groups excluding carboxylic acids is 2. The standard InChI is InChI=1S/C23H27N5O3/c1-3-15(2)25-22(29)23(30)28-11-9-27(10-12-28)21-18(14-24)16-6-4-7-17(16)20(26-21)19-8-5-13-31-19/h5,8,13,15H,3-4,6-7,9-12H2,1-2H3,(H,25,29). The van der Waals surface area contributed by atoms with Gasteiger partial charge in [-0.1, -0.05) is 6.92 Å². The highest BCUT2D eigenvalue weighted by Crippen LogP contribution is 2.37. The normalized spacial score (nSPS) is 16.5. The molecule has 1 N–H and O–H groups in total. The first-order chi connectivity index (χ1) is 15.0. The van der Waals surface area contributed by atoms with Gasteiger partial charge in [-0.2, -0.15) is 5.26 Å². The maximum atomic E-state index is 12.5. The highest BCUT2D eigenvalue weighted by Gasteiger charge is 2.31. The molecule has 0 saturated carbocycles. The fourth-order valence-electron chi connectivity index (χ4n) is 4.26. The van der Waals surface area contributed by atoms with Crippen LogP contribution in [0.5, 0.6) is 0 Å². The molecule has 0 spiro atoms. The Labute approximate surface area is 181 Å². The van der Waals surface area contributed by atoms with E-state index < -0.39 is 11.8 Å². The van der Waals surface area contributed by atoms with Crippen molar-refractivity contribution in [2.75, 3.05) is 31.1 Å². The van der Waals surface area contributed by atoms with Crippen LogP contribution in [0.15, 0.2) is 22.8 Å². The lowest BCUT2D eigenvalue weighted by molar-refractivity contribution is -0.146. The van der Waals surface area contributed by atoms with Crippen LogP contribution in [-0.2, 0) is 22.4 Å². The monoisotopic (exact) mass is 421 g/mol. The molecule has 1 aliphatic heterocycles. The molecule has 2 aromatic heterocycles. The van der Waals surface area contributed by atoms with Crippen LogP contribution in [-0.4, -0.2) is 53.9 Å². The van der Waals surface area contributed by atoms with Gasteiger partial charge in [-0.3, -0.25) is 9.59 Å². The molecule has 2 aliphatic rings. The summed E-state index contributed by atoms with van der Waals surface area (Å²) in [5, 5.41) is 12.6. The number of amides is 2. The summed E-state index contributed by atoms with van der Waals surface area (Å²) in [6.07, 6.45) is 5.14. The number of nitrogens with zero attached hydrogens (tertiary/aromatic N) is 4. The second kappa shape index (κ2) is 8.80. The van der Waals surface area contributed by atoms with Gasteiger partial charge in [0.2, 0.25) is 0 Å². The third-order valence-electron chi connectivity index (χ3n) is 6.16. The molecule has 2 aromatic rings. The van der Waals surface area contributed by atoms with Gasteiger partial charge in [-0.05, 0) is 55.9 Å². The summed E-state index contributed by atoms with van der Waals surface area (Å²) in [5.41, 5.74) is 3.59. The summed E-state index contributed by atoms with van der Waals surface area (Å²) in [7, 11) is 0. The van der Waals surface area contributed by atoms with Crippen LogP contribution in [0.3, 0.4) is 0 Å². The maximum absolute atomic E-state index is 12.5. The van der Waals surface area contributed by atoms with Crippen molar-refractivity contribution in [1.29, 1.82) is 5.26 Å². The number of anilines is 1. The summed E-state index contributed by atoms with van der Waals surface area (Å²) < 4.78 is 5.62. The highest BCUT2D eigenvalue weighted by molar-refractivity contribution is 6.35. The van der Waals surface area contributed by atoms with Gasteiger partial charge in [0, 0.05) is 32.2 Å². The Balaban J connectivity index is 1.55. The number of carbonyl (C=O) groups is 2. The Hall–Kier alpha value is -3.34. The van der Waals surface area contributed by atoms with E-state index in [1.54, 1.807) is 11.2 Å². The molecule has 1 aliphatic carbocycles. The smallest absolute Gasteiger partial charge is 0.312 e. The molecule has 1 atom stereocenters. The lowest BCUT2D eigenvalue weighted by Crippen LogP contribution is -2.53. The average Bonchev–Trinajstić information content (AvgIpc) is 3.50. The number of piperazine rings is 1. The van der Waals surface area contributed by atoms with Crippen molar-refractivity contribution in [2.45, 2.75) is 45.6 Å². The first-order valence-corrected chi connectivity index (χ1v) is 10.9. The average molecular weight is 422 g/mol. The minimum absolute atomic E-state index is 0.0356. The van der Waals surface area contributed by atoms with Crippen molar-refractivity contribution in [1.82, 2.24) is 15.2 Å². The molecule has 3 heterocycles. The molecule has 8 nitrogen and oxygen atoms in total. The van der Waals surface area contributed by atoms with Gasteiger partial charge in [0.15, 0.2) is 5.76 Å². The minimum Gasteiger partial charge on any atom is -0.463 e. The zero-order valence-corrected chi connectivity index (χ0v) is 18.0. The first-order valence-electron chi connectivity index (χ1n) is 10.9. The van der Waals surface area contributed by atoms with E-state index in [9.17, 15) is 14.9 Å². The molecular formula is C23H27N5O3. The zero-order valence-electron chi connectivity index (χ0n) is 18.0. The molecule has 2 amide bonds. The van der Waals surface area contributed by atoms with Gasteiger partial charge in [0.1, 0.15) is 17.6 Å². The molecule has 0 radical (unpaired) electrons. The van der Waals surface area contributed by atoms with Crippen molar-refractivity contribution < 1.29 is 14.0 Å². The molecule has 8 heteroatoms. The number of hydrogen-bond donors (Lipinski definition) is 1. The second-order valence-corrected chi connectivity index (χ2v) is 8.12. The summed E-state index contributed by atoms with van der Waals surface area (Å²) >= 11 is 0. The van der Waals surface area contributed by atoms with Crippen LogP contribution >= 0.6 is 0 Å². The minimum atomic E-state index is -0.559. The van der Waals surface area contributed by atoms with Gasteiger partial charge in [0.05, 0.1) is 11.8 Å². The predicted octanol–water partition coefficient (Wildman–Crippen LogP) is 2.27. The Morgan fingerprint density at radius 3 is 2.65 bits per heavy atom. The largest absolute Gasteiger partial charge is 0.463 e. The molecule has 0 aromatic carbocycles. The van der Waals surface area contributed by atoms with Gasteiger partial charge in [-0.15, -0.1) is 0 Å². The number of nitriles is 1. The lowest BCUT2D eigenvalue weighted by Gasteiger charge is -2.36. The number of fused-ring (bicyclic) bond motifs is 1. The van der Waals surface area contributed by atoms with Crippen molar-refractivity contribution in [2.24, 2.45) is 0 Å². The summed E-state index contributed by atoms with van der Waals surface area (Å²) in [6, 6.07) is 6.06. The number of rotatable bonds is 4. The van der Waals surface area contributed by atoms with Gasteiger partial charge in [0.25, 0.3) is 0 Å². The topological polar surface area (TPSA) is 102 Å². The molecule has 31 heavy (non-hydrogen) atoms. The predicted molar refractivity (Wildman–Crippen MR) is 115 cm³/mol. The van der Waals surface area contributed by atoms with E-state index in [1.165, 1.54) is 0 Å². The van der Waals surface area contributed by atoms with E-state index >= 15 is 0 Å². The van der Waals surface area contributed by atoms with E-state index in [0.717, 1.165) is 42.5 Å². The number of pyridine rings is 1. The first kappa shape index (κ1) is 20.9. The van der Waals surface area contributed by atoms with Crippen LogP contribution in [0, 0.1) is 11.3 Å². The van der Waals surface area contributed by atoms with E-state index in [0.29, 0.717) is 43.3 Å². The number of aromatic nitrogens is 1. The van der Waals surface area contributed by atoms with Crippen LogP contribution in [0.2, 0.25) is 0 Å². The molecule has 0 bridgehead atoms. The van der Waals surface area contributed by atoms with E-state index in [2.05, 4.69) is 11.4 Å². The van der Waals surface area contributed by atoms with Gasteiger partial charge < -0.3 is 19.5 Å². The number of nitrogens with one attached hydrogen (secondary N) is 1. The summed E-state index contributed by atoms with van der Waals surface area (Å²) in [6.45, 7) is 5.68. The number of furan rings is 1. The highest BCUT2D eigenvalue weighted by atomic mass is 16.3. The zero-order chi connectivity index (χ0) is 22.0. The second-order valence-electron chi connectivity index (χ2n) is 8.12. The molecule has 4 rings (SSSR count). The van der Waals surface area contributed by atoms with Crippen molar-refractivity contribution in [3.8, 4) is 17.5 Å². The Morgan fingerprint density at radius 2 is 2.00 bits per heavy atom. The quantitative estimate of drug-likeness (QED) is 0.760. The summed E-state index contributed by atoms with van der Waals surface area (Å²) in [4.78, 5) is 33.2. The fraction of sp³-hybridized carbons (Fsp3) is 0.478. The SMILES string of the molecule is CCC(C)NC(=O)C(=O)N1CCN(c2nc(-c3ccco3)c3c(c2C#N)CCC3)CC1. The maximum Gasteiger partial charge on any atom is 0.312 e. The molecule has 1 fully saturated rings. The van der Waals surface area contributed by atoms with Crippen LogP contribution < -0.4 is 10.2 Å². The Kier molecular flexibility index (Phi) is 5.94. The van der Waals surface area contributed by atoms with Crippen molar-refractivity contribution in [3.63, 3.8) is 0 Å². The fourth-order valence-corrected chi connectivity index (χ4v) is 4.26. The Bertz CT molecular complexity index is 1020. The van der Waals surface area contributed by atoms with Crippen LogP contribution in [0.25, 0.3) is 11.5 Å². The van der Waals surface area contributed by atoms with E-state index in [-0.39, 0.29) is 6.04 Å². The van der Waals surface area contributed by atoms with Gasteiger partial charge >= 0.3 is 11.8 Å². The lowest BCUT2D eigenvalue weighted by atomic mass is 10.0. The van der Waals surface area contributed by atoms with Crippen molar-refractivity contribution >= 4 is 17.6 Å². The number of hydrogen-bond acceptors (Lipinski definition) is 6. The van der Waals surface area contributed by atoms with Crippen LogP contribution in [0.4, 0.5) is 5.82 Å². The summed E-state index contributed by atoms with van der Waals surface area (Å²) in [5.74, 6) is 0.292.